The Bertz CT molecular complexity index is 298. The van der Waals surface area contributed by atoms with Crippen molar-refractivity contribution in [3.05, 3.63) is 0 Å². The van der Waals surface area contributed by atoms with Crippen molar-refractivity contribution in [3.8, 4) is 0 Å². The van der Waals surface area contributed by atoms with E-state index in [1.807, 2.05) is 0 Å². The third kappa shape index (κ3) is 2.56. The van der Waals surface area contributed by atoms with E-state index in [4.69, 9.17) is 10.5 Å². The molecule has 0 spiro atoms. The molecule has 0 aromatic heterocycles. The fraction of sp³-hybridized carbons (Fsp3) is 1.00. The Balaban J connectivity index is 1.67. The molecule has 0 aromatic rings. The Morgan fingerprint density at radius 1 is 1.26 bits per heavy atom. The predicted octanol–water partition coefficient (Wildman–Crippen LogP) is 0.910. The third-order valence-electron chi connectivity index (χ3n) is 5.71. The largest absolute Gasteiger partial charge is 0.377 e. The highest BCUT2D eigenvalue weighted by Gasteiger charge is 2.48. The lowest BCUT2D eigenvalue weighted by molar-refractivity contribution is -0.0835. The van der Waals surface area contributed by atoms with Gasteiger partial charge in [-0.15, -0.1) is 0 Å². The van der Waals surface area contributed by atoms with Crippen molar-refractivity contribution < 1.29 is 4.74 Å². The highest BCUT2D eigenvalue weighted by Crippen LogP contribution is 2.39. The summed E-state index contributed by atoms with van der Waals surface area (Å²) in [6.07, 6.45) is 6.86. The standard InChI is InChI=1S/C15H29N3O/c1-17(10-14-4-2-3-9-19-14)15(11-16)12-18-7-5-13(15)6-8-18/h13-14H,2-12,16H2,1H3. The summed E-state index contributed by atoms with van der Waals surface area (Å²) in [6.45, 7) is 6.51. The Hall–Kier alpha value is -0.160. The van der Waals surface area contributed by atoms with Crippen LogP contribution >= 0.6 is 0 Å². The van der Waals surface area contributed by atoms with E-state index in [0.29, 0.717) is 6.10 Å². The molecule has 4 aliphatic heterocycles. The van der Waals surface area contributed by atoms with Gasteiger partial charge in [0.05, 0.1) is 6.10 Å². The van der Waals surface area contributed by atoms with Crippen LogP contribution in [0.5, 0.6) is 0 Å². The van der Waals surface area contributed by atoms with Crippen molar-refractivity contribution in [2.45, 2.75) is 43.7 Å². The number of fused-ring (bicyclic) bond motifs is 3. The van der Waals surface area contributed by atoms with Crippen LogP contribution in [0.25, 0.3) is 0 Å². The first-order valence-corrected chi connectivity index (χ1v) is 8.00. The molecule has 0 saturated carbocycles. The van der Waals surface area contributed by atoms with Gasteiger partial charge >= 0.3 is 0 Å². The Morgan fingerprint density at radius 3 is 2.58 bits per heavy atom. The van der Waals surface area contributed by atoms with Crippen LogP contribution in [0.3, 0.4) is 0 Å². The number of likely N-dealkylation sites (N-methyl/N-ethyl adjacent to an activating group) is 1. The van der Waals surface area contributed by atoms with Crippen molar-refractivity contribution in [1.82, 2.24) is 9.80 Å². The minimum atomic E-state index is 0.206. The minimum Gasteiger partial charge on any atom is -0.377 e. The molecule has 2 N–H and O–H groups in total. The molecule has 2 atom stereocenters. The van der Waals surface area contributed by atoms with Crippen LogP contribution in [0, 0.1) is 5.92 Å². The van der Waals surface area contributed by atoms with Gasteiger partial charge in [-0.2, -0.15) is 0 Å². The molecule has 4 saturated heterocycles. The molecule has 0 amide bonds. The molecule has 4 heteroatoms. The molecule has 4 fully saturated rings. The average molecular weight is 267 g/mol. The molecule has 4 heterocycles. The molecule has 2 bridgehead atoms. The zero-order valence-electron chi connectivity index (χ0n) is 12.3. The van der Waals surface area contributed by atoms with Gasteiger partial charge in [-0.05, 0) is 58.2 Å². The fourth-order valence-electron chi connectivity index (χ4n) is 4.40. The van der Waals surface area contributed by atoms with E-state index in [0.717, 1.165) is 32.2 Å². The first kappa shape index (κ1) is 13.8. The van der Waals surface area contributed by atoms with Crippen molar-refractivity contribution in [2.24, 2.45) is 11.7 Å². The molecule has 19 heavy (non-hydrogen) atoms. The number of nitrogens with two attached hydrogens (primary N) is 1. The summed E-state index contributed by atoms with van der Waals surface area (Å²) in [4.78, 5) is 5.14. The smallest absolute Gasteiger partial charge is 0.0702 e. The zero-order chi connectivity index (χ0) is 13.3. The van der Waals surface area contributed by atoms with Crippen LogP contribution in [-0.2, 0) is 4.74 Å². The van der Waals surface area contributed by atoms with E-state index < -0.39 is 0 Å². The first-order valence-electron chi connectivity index (χ1n) is 8.00. The normalized spacial score (nSPS) is 42.8. The number of hydrogen-bond donors (Lipinski definition) is 1. The second-order valence-corrected chi connectivity index (χ2v) is 6.73. The SMILES string of the molecule is CN(CC1CCCCO1)C1(CN)CN2CCC1CC2. The van der Waals surface area contributed by atoms with E-state index in [1.54, 1.807) is 0 Å². The van der Waals surface area contributed by atoms with Gasteiger partial charge in [-0.25, -0.2) is 0 Å². The zero-order valence-corrected chi connectivity index (χ0v) is 12.3. The summed E-state index contributed by atoms with van der Waals surface area (Å²) >= 11 is 0. The predicted molar refractivity (Wildman–Crippen MR) is 77.2 cm³/mol. The Labute approximate surface area is 117 Å². The minimum absolute atomic E-state index is 0.206. The van der Waals surface area contributed by atoms with Crippen LogP contribution in [0.15, 0.2) is 0 Å². The molecule has 2 unspecified atom stereocenters. The van der Waals surface area contributed by atoms with Crippen molar-refractivity contribution >= 4 is 0 Å². The average Bonchev–Trinajstić information content (AvgIpc) is 2.49. The van der Waals surface area contributed by atoms with E-state index in [1.165, 1.54) is 45.2 Å². The second-order valence-electron chi connectivity index (χ2n) is 6.73. The second kappa shape index (κ2) is 5.68. The van der Waals surface area contributed by atoms with Gasteiger partial charge in [0.2, 0.25) is 0 Å². The number of piperidine rings is 3. The van der Waals surface area contributed by atoms with Crippen LogP contribution in [0.1, 0.15) is 32.1 Å². The lowest BCUT2D eigenvalue weighted by Gasteiger charge is -2.57. The molecule has 4 nitrogen and oxygen atoms in total. The molecule has 110 valence electrons. The number of nitrogens with zero attached hydrogens (tertiary/aromatic N) is 2. The number of ether oxygens (including phenoxy) is 1. The fourth-order valence-corrected chi connectivity index (χ4v) is 4.40. The Kier molecular flexibility index (Phi) is 4.13. The molecular formula is C15H29N3O. The maximum Gasteiger partial charge on any atom is 0.0702 e. The summed E-state index contributed by atoms with van der Waals surface area (Å²) in [5.41, 5.74) is 6.43. The molecule has 0 aliphatic carbocycles. The highest BCUT2D eigenvalue weighted by atomic mass is 16.5. The van der Waals surface area contributed by atoms with Crippen molar-refractivity contribution in [3.63, 3.8) is 0 Å². The summed E-state index contributed by atoms with van der Waals surface area (Å²) in [5.74, 6) is 0.788. The van der Waals surface area contributed by atoms with Gasteiger partial charge in [0.25, 0.3) is 0 Å². The summed E-state index contributed by atoms with van der Waals surface area (Å²) in [5, 5.41) is 0. The van der Waals surface area contributed by atoms with E-state index >= 15 is 0 Å². The maximum absolute atomic E-state index is 6.22. The van der Waals surface area contributed by atoms with Crippen LogP contribution in [-0.4, -0.2) is 67.8 Å². The molecule has 4 rings (SSSR count). The molecule has 0 radical (unpaired) electrons. The summed E-state index contributed by atoms with van der Waals surface area (Å²) < 4.78 is 5.91. The van der Waals surface area contributed by atoms with Gasteiger partial charge in [-0.1, -0.05) is 0 Å². The van der Waals surface area contributed by atoms with E-state index in [-0.39, 0.29) is 5.54 Å². The van der Waals surface area contributed by atoms with E-state index in [9.17, 15) is 0 Å². The van der Waals surface area contributed by atoms with Gasteiger partial charge < -0.3 is 15.4 Å². The van der Waals surface area contributed by atoms with Gasteiger partial charge in [0.1, 0.15) is 0 Å². The van der Waals surface area contributed by atoms with Gasteiger partial charge in [-0.3, -0.25) is 4.90 Å². The maximum atomic E-state index is 6.22. The quantitative estimate of drug-likeness (QED) is 0.822. The van der Waals surface area contributed by atoms with Crippen LogP contribution in [0.2, 0.25) is 0 Å². The monoisotopic (exact) mass is 267 g/mol. The third-order valence-corrected chi connectivity index (χ3v) is 5.71. The topological polar surface area (TPSA) is 41.7 Å². The number of rotatable bonds is 4. The lowest BCUT2D eigenvalue weighted by Crippen LogP contribution is -2.70. The van der Waals surface area contributed by atoms with Gasteiger partial charge in [0, 0.05) is 31.8 Å². The molecule has 4 aliphatic rings. The highest BCUT2D eigenvalue weighted by molar-refractivity contribution is 5.05. The Morgan fingerprint density at radius 2 is 2.05 bits per heavy atom. The summed E-state index contributed by atoms with van der Waals surface area (Å²) in [7, 11) is 2.27. The molecule has 0 aromatic carbocycles. The lowest BCUT2D eigenvalue weighted by atomic mass is 9.71. The first-order chi connectivity index (χ1) is 9.24. The molecular weight excluding hydrogens is 238 g/mol. The van der Waals surface area contributed by atoms with Crippen LogP contribution in [0.4, 0.5) is 0 Å². The summed E-state index contributed by atoms with van der Waals surface area (Å²) in [6, 6.07) is 0. The van der Waals surface area contributed by atoms with Crippen molar-refractivity contribution in [1.29, 1.82) is 0 Å². The van der Waals surface area contributed by atoms with Crippen LogP contribution < -0.4 is 5.73 Å². The number of hydrogen-bond acceptors (Lipinski definition) is 4. The van der Waals surface area contributed by atoms with Crippen molar-refractivity contribution in [2.75, 3.05) is 46.4 Å². The van der Waals surface area contributed by atoms with Gasteiger partial charge in [0.15, 0.2) is 0 Å². The van der Waals surface area contributed by atoms with E-state index in [2.05, 4.69) is 16.8 Å².